The molecule has 0 aliphatic heterocycles. The van der Waals surface area contributed by atoms with Crippen molar-refractivity contribution < 1.29 is 4.21 Å². The summed E-state index contributed by atoms with van der Waals surface area (Å²) in [6.45, 7) is 3.99. The largest absolute Gasteiger partial charge is 0.250 e. The van der Waals surface area contributed by atoms with Crippen LogP contribution in [0.4, 0.5) is 0 Å². The minimum Gasteiger partial charge on any atom is -0.250 e. The molecule has 0 rings (SSSR count). The highest BCUT2D eigenvalue weighted by atomic mass is 32.2. The summed E-state index contributed by atoms with van der Waals surface area (Å²) >= 11 is 0. The molecule has 2 nitrogen and oxygen atoms in total. The smallest absolute Gasteiger partial charge is 0.0462 e. The molecule has 0 fully saturated rings. The summed E-state index contributed by atoms with van der Waals surface area (Å²) in [6, 6.07) is 0. The standard InChI is InChI=1S/C6H15NOS/c1-5-6(2)9(4,8)7-3/h6H,5H2,1-4H3. The molecular formula is C6H15NOS. The van der Waals surface area contributed by atoms with Crippen LogP contribution >= 0.6 is 0 Å². The summed E-state index contributed by atoms with van der Waals surface area (Å²) in [5.41, 5.74) is 0. The molecule has 0 saturated carbocycles. The van der Waals surface area contributed by atoms with Crippen LogP contribution in [0.3, 0.4) is 0 Å². The van der Waals surface area contributed by atoms with Crippen molar-refractivity contribution in [1.29, 1.82) is 0 Å². The van der Waals surface area contributed by atoms with Crippen LogP contribution in [-0.4, -0.2) is 22.8 Å². The fourth-order valence-corrected chi connectivity index (χ4v) is 1.47. The van der Waals surface area contributed by atoms with E-state index in [0.717, 1.165) is 6.42 Å². The van der Waals surface area contributed by atoms with Crippen LogP contribution in [0.15, 0.2) is 4.36 Å². The van der Waals surface area contributed by atoms with E-state index in [-0.39, 0.29) is 5.25 Å². The van der Waals surface area contributed by atoms with Crippen LogP contribution in [0.5, 0.6) is 0 Å². The van der Waals surface area contributed by atoms with E-state index in [1.54, 1.807) is 13.3 Å². The molecule has 0 aromatic heterocycles. The maximum atomic E-state index is 11.3. The summed E-state index contributed by atoms with van der Waals surface area (Å²) in [5, 5.41) is 0.225. The first kappa shape index (κ1) is 8.95. The van der Waals surface area contributed by atoms with Crippen molar-refractivity contribution in [2.24, 2.45) is 4.36 Å². The fraction of sp³-hybridized carbons (Fsp3) is 1.00. The lowest BCUT2D eigenvalue weighted by Gasteiger charge is -2.08. The Hall–Kier alpha value is -0.0500. The van der Waals surface area contributed by atoms with E-state index in [1.165, 1.54) is 0 Å². The van der Waals surface area contributed by atoms with Gasteiger partial charge in [0.25, 0.3) is 0 Å². The Labute approximate surface area is 57.8 Å². The second kappa shape index (κ2) is 3.20. The van der Waals surface area contributed by atoms with Crippen molar-refractivity contribution in [2.75, 3.05) is 13.3 Å². The molecule has 0 saturated heterocycles. The number of hydrogen-bond donors (Lipinski definition) is 0. The molecule has 0 aromatic carbocycles. The molecular weight excluding hydrogens is 134 g/mol. The van der Waals surface area contributed by atoms with Gasteiger partial charge in [-0.25, -0.2) is 8.57 Å². The molecule has 0 N–H and O–H groups in total. The first-order valence-electron chi connectivity index (χ1n) is 3.13. The molecule has 0 bridgehead atoms. The van der Waals surface area contributed by atoms with Crippen LogP contribution in [0.1, 0.15) is 20.3 Å². The van der Waals surface area contributed by atoms with Crippen molar-refractivity contribution in [3.05, 3.63) is 0 Å². The van der Waals surface area contributed by atoms with Gasteiger partial charge >= 0.3 is 0 Å². The molecule has 56 valence electrons. The zero-order chi connectivity index (χ0) is 7.49. The van der Waals surface area contributed by atoms with Gasteiger partial charge in [0.05, 0.1) is 0 Å². The Morgan fingerprint density at radius 3 is 2.22 bits per heavy atom. The van der Waals surface area contributed by atoms with Gasteiger partial charge in [0.15, 0.2) is 0 Å². The lowest BCUT2D eigenvalue weighted by atomic mass is 10.4. The monoisotopic (exact) mass is 149 g/mol. The zero-order valence-corrected chi connectivity index (χ0v) is 7.36. The van der Waals surface area contributed by atoms with Crippen molar-refractivity contribution in [3.63, 3.8) is 0 Å². The van der Waals surface area contributed by atoms with Crippen molar-refractivity contribution in [3.8, 4) is 0 Å². The summed E-state index contributed by atoms with van der Waals surface area (Å²) < 4.78 is 15.1. The summed E-state index contributed by atoms with van der Waals surface area (Å²) in [6.07, 6.45) is 2.65. The normalized spacial score (nSPS) is 20.4. The quantitative estimate of drug-likeness (QED) is 0.585. The van der Waals surface area contributed by atoms with E-state index in [1.807, 2.05) is 13.8 Å². The molecule has 0 aliphatic rings. The van der Waals surface area contributed by atoms with Crippen molar-refractivity contribution >= 4 is 9.73 Å². The Morgan fingerprint density at radius 1 is 1.67 bits per heavy atom. The molecule has 0 amide bonds. The van der Waals surface area contributed by atoms with Gasteiger partial charge in [0.2, 0.25) is 0 Å². The molecule has 9 heavy (non-hydrogen) atoms. The van der Waals surface area contributed by atoms with Crippen LogP contribution in [0.25, 0.3) is 0 Å². The minimum absolute atomic E-state index is 0.225. The Morgan fingerprint density at radius 2 is 2.11 bits per heavy atom. The summed E-state index contributed by atoms with van der Waals surface area (Å²) in [7, 11) is -0.254. The molecule has 2 unspecified atom stereocenters. The Balaban J connectivity index is 4.36. The van der Waals surface area contributed by atoms with E-state index < -0.39 is 9.73 Å². The molecule has 0 radical (unpaired) electrons. The number of rotatable bonds is 2. The average molecular weight is 149 g/mol. The zero-order valence-electron chi connectivity index (χ0n) is 6.55. The second-order valence-electron chi connectivity index (χ2n) is 2.26. The Bertz CT molecular complexity index is 179. The molecule has 0 spiro atoms. The predicted octanol–water partition coefficient (Wildman–Crippen LogP) is 1.51. The van der Waals surface area contributed by atoms with Crippen molar-refractivity contribution in [1.82, 2.24) is 0 Å². The highest BCUT2D eigenvalue weighted by molar-refractivity contribution is 7.93. The SMILES string of the molecule is CCC(C)S(C)(=O)=NC. The lowest BCUT2D eigenvalue weighted by Crippen LogP contribution is -2.13. The number of nitrogens with zero attached hydrogens (tertiary/aromatic N) is 1. The molecule has 0 aliphatic carbocycles. The molecule has 0 aromatic rings. The average Bonchev–Trinajstić information content (AvgIpc) is 1.86. The van der Waals surface area contributed by atoms with Gasteiger partial charge in [-0.1, -0.05) is 6.92 Å². The first-order chi connectivity index (χ1) is 4.04. The van der Waals surface area contributed by atoms with Crippen LogP contribution < -0.4 is 0 Å². The van der Waals surface area contributed by atoms with Crippen molar-refractivity contribution in [2.45, 2.75) is 25.5 Å². The first-order valence-corrected chi connectivity index (χ1v) is 5.12. The third-order valence-corrected chi connectivity index (χ3v) is 4.24. The van der Waals surface area contributed by atoms with E-state index in [0.29, 0.717) is 0 Å². The topological polar surface area (TPSA) is 29.4 Å². The van der Waals surface area contributed by atoms with Gasteiger partial charge in [0.1, 0.15) is 0 Å². The second-order valence-corrected chi connectivity index (χ2v) is 5.15. The van der Waals surface area contributed by atoms with E-state index >= 15 is 0 Å². The van der Waals surface area contributed by atoms with Gasteiger partial charge in [0, 0.05) is 28.3 Å². The third-order valence-electron chi connectivity index (χ3n) is 1.68. The van der Waals surface area contributed by atoms with E-state index in [9.17, 15) is 4.21 Å². The number of hydrogen-bond acceptors (Lipinski definition) is 2. The van der Waals surface area contributed by atoms with Gasteiger partial charge in [-0.15, -0.1) is 0 Å². The minimum atomic E-state index is -1.87. The Kier molecular flexibility index (Phi) is 3.18. The van der Waals surface area contributed by atoms with Crippen LogP contribution in [0.2, 0.25) is 0 Å². The molecule has 0 heterocycles. The predicted molar refractivity (Wildman–Crippen MR) is 42.2 cm³/mol. The maximum Gasteiger partial charge on any atom is 0.0462 e. The lowest BCUT2D eigenvalue weighted by molar-refractivity contribution is 0.666. The third kappa shape index (κ3) is 2.35. The van der Waals surface area contributed by atoms with Crippen LogP contribution in [-0.2, 0) is 9.73 Å². The summed E-state index contributed by atoms with van der Waals surface area (Å²) in [5.74, 6) is 0. The van der Waals surface area contributed by atoms with Crippen LogP contribution in [0, 0.1) is 0 Å². The van der Waals surface area contributed by atoms with Gasteiger partial charge < -0.3 is 0 Å². The molecule has 2 atom stereocenters. The van der Waals surface area contributed by atoms with E-state index in [2.05, 4.69) is 4.36 Å². The highest BCUT2D eigenvalue weighted by Crippen LogP contribution is 2.04. The maximum absolute atomic E-state index is 11.3. The van der Waals surface area contributed by atoms with Gasteiger partial charge in [-0.2, -0.15) is 0 Å². The van der Waals surface area contributed by atoms with Gasteiger partial charge in [-0.3, -0.25) is 0 Å². The molecule has 3 heteroatoms. The highest BCUT2D eigenvalue weighted by Gasteiger charge is 2.08. The van der Waals surface area contributed by atoms with Gasteiger partial charge in [-0.05, 0) is 13.3 Å². The summed E-state index contributed by atoms with van der Waals surface area (Å²) in [4.78, 5) is 0. The fourth-order valence-electron chi connectivity index (χ4n) is 0.489. The van der Waals surface area contributed by atoms with E-state index in [4.69, 9.17) is 0 Å².